The third-order valence-electron chi connectivity index (χ3n) is 2.92. The Morgan fingerprint density at radius 3 is 1.33 bits per heavy atom. The highest BCUT2D eigenvalue weighted by Crippen LogP contribution is 2.00. The summed E-state index contributed by atoms with van der Waals surface area (Å²) >= 11 is 0. The summed E-state index contributed by atoms with van der Waals surface area (Å²) < 4.78 is 0. The molecule has 0 radical (unpaired) electrons. The van der Waals surface area contributed by atoms with E-state index in [1.807, 2.05) is 12.2 Å². The Kier molecular flexibility index (Phi) is 21.0. The number of hydrogen-bond donors (Lipinski definition) is 2. The molecular weight excluding hydrogens is 304 g/mol. The molecule has 24 heavy (non-hydrogen) atoms. The van der Waals surface area contributed by atoms with Gasteiger partial charge in [0.15, 0.2) is 0 Å². The summed E-state index contributed by atoms with van der Waals surface area (Å²) in [5, 5.41) is 16.5. The molecule has 4 heteroatoms. The second kappa shape index (κ2) is 20.9. The van der Waals surface area contributed by atoms with Gasteiger partial charge in [-0.05, 0) is 25.7 Å². The zero-order chi connectivity index (χ0) is 18.5. The smallest absolute Gasteiger partial charge is 0.328 e. The molecule has 0 aliphatic rings. The number of unbranched alkanes of at least 4 members (excludes halogenated alkanes) is 6. The van der Waals surface area contributed by atoms with Gasteiger partial charge in [-0.2, -0.15) is 0 Å². The molecule has 4 nitrogen and oxygen atoms in total. The Balaban J connectivity index is 0. The van der Waals surface area contributed by atoms with Gasteiger partial charge in [0.05, 0.1) is 0 Å². The van der Waals surface area contributed by atoms with Crippen LogP contribution >= 0.6 is 0 Å². The number of carboxylic acid groups (broad SMARTS) is 2. The number of carbonyl (C=O) groups is 2. The lowest BCUT2D eigenvalue weighted by atomic mass is 10.2. The van der Waals surface area contributed by atoms with E-state index in [9.17, 15) is 9.59 Å². The molecule has 0 atom stereocenters. The first-order valence-corrected chi connectivity index (χ1v) is 8.66. The fourth-order valence-corrected chi connectivity index (χ4v) is 1.65. The standard InChI is InChI=1S/2C10H16O2/c2*1-2-3-4-5-6-7-8-9-10(11)12/h2*6-9H,2-5H2,1H3,(H,11,12)/b7-6-,9-8+;. The van der Waals surface area contributed by atoms with E-state index in [-0.39, 0.29) is 0 Å². The summed E-state index contributed by atoms with van der Waals surface area (Å²) in [5.74, 6) is -1.79. The van der Waals surface area contributed by atoms with Crippen LogP contribution in [0.4, 0.5) is 0 Å². The molecule has 0 heterocycles. The van der Waals surface area contributed by atoms with Crippen LogP contribution in [0.5, 0.6) is 0 Å². The molecule has 0 amide bonds. The van der Waals surface area contributed by atoms with E-state index in [4.69, 9.17) is 10.2 Å². The number of rotatable bonds is 12. The average molecular weight is 336 g/mol. The normalized spacial score (nSPS) is 11.4. The fraction of sp³-hybridized carbons (Fsp3) is 0.500. The highest BCUT2D eigenvalue weighted by atomic mass is 16.4. The van der Waals surface area contributed by atoms with E-state index < -0.39 is 11.9 Å². The lowest BCUT2D eigenvalue weighted by Crippen LogP contribution is -1.84. The molecule has 0 aliphatic carbocycles. The Bertz CT molecular complexity index is 377. The number of allylic oxidation sites excluding steroid dienone is 6. The Labute approximate surface area is 146 Å². The van der Waals surface area contributed by atoms with Crippen LogP contribution in [0, 0.1) is 0 Å². The first kappa shape index (κ1) is 24.2. The second-order valence-electron chi connectivity index (χ2n) is 5.24. The quantitative estimate of drug-likeness (QED) is 0.279. The summed E-state index contributed by atoms with van der Waals surface area (Å²) in [7, 11) is 0. The van der Waals surface area contributed by atoms with E-state index in [1.165, 1.54) is 38.5 Å². The molecule has 136 valence electrons. The average Bonchev–Trinajstić information content (AvgIpc) is 2.53. The largest absolute Gasteiger partial charge is 0.478 e. The van der Waals surface area contributed by atoms with E-state index in [0.717, 1.165) is 25.0 Å². The highest BCUT2D eigenvalue weighted by molar-refractivity contribution is 5.80. The van der Waals surface area contributed by atoms with Crippen molar-refractivity contribution in [1.82, 2.24) is 0 Å². The van der Waals surface area contributed by atoms with Crippen molar-refractivity contribution in [3.05, 3.63) is 48.6 Å². The van der Waals surface area contributed by atoms with Crippen LogP contribution in [-0.2, 0) is 9.59 Å². The highest BCUT2D eigenvalue weighted by Gasteiger charge is 1.83. The molecule has 2 N–H and O–H groups in total. The van der Waals surface area contributed by atoms with Crippen molar-refractivity contribution in [3.63, 3.8) is 0 Å². The van der Waals surface area contributed by atoms with E-state index in [1.54, 1.807) is 24.3 Å². The summed E-state index contributed by atoms with van der Waals surface area (Å²) in [6.07, 6.45) is 22.3. The van der Waals surface area contributed by atoms with Gasteiger partial charge in [0.2, 0.25) is 0 Å². The summed E-state index contributed by atoms with van der Waals surface area (Å²) in [6, 6.07) is 0. The van der Waals surface area contributed by atoms with Crippen LogP contribution in [0.15, 0.2) is 48.6 Å². The number of hydrogen-bond acceptors (Lipinski definition) is 2. The van der Waals surface area contributed by atoms with Crippen LogP contribution in [0.25, 0.3) is 0 Å². The lowest BCUT2D eigenvalue weighted by Gasteiger charge is -1.89. The Morgan fingerprint density at radius 1 is 0.667 bits per heavy atom. The lowest BCUT2D eigenvalue weighted by molar-refractivity contribution is -0.132. The first-order valence-electron chi connectivity index (χ1n) is 8.66. The number of aliphatic carboxylic acids is 2. The molecule has 0 aromatic rings. The van der Waals surface area contributed by atoms with Crippen molar-refractivity contribution in [2.75, 3.05) is 0 Å². The third kappa shape index (κ3) is 28.1. The van der Waals surface area contributed by atoms with Gasteiger partial charge in [0.25, 0.3) is 0 Å². The van der Waals surface area contributed by atoms with Gasteiger partial charge < -0.3 is 10.2 Å². The molecular formula is C20H32O4. The zero-order valence-electron chi connectivity index (χ0n) is 15.0. The molecule has 0 spiro atoms. The van der Waals surface area contributed by atoms with E-state index >= 15 is 0 Å². The third-order valence-corrected chi connectivity index (χ3v) is 2.92. The SMILES string of the molecule is CCCCC/C=C\C=C\C(=O)O.CCCCCC=CC=CC(=O)O. The van der Waals surface area contributed by atoms with Crippen molar-refractivity contribution in [3.8, 4) is 0 Å². The molecule has 0 bridgehead atoms. The first-order chi connectivity index (χ1) is 11.5. The van der Waals surface area contributed by atoms with Gasteiger partial charge in [0.1, 0.15) is 0 Å². The maximum Gasteiger partial charge on any atom is 0.328 e. The monoisotopic (exact) mass is 336 g/mol. The molecule has 0 fully saturated rings. The van der Waals surface area contributed by atoms with Crippen molar-refractivity contribution in [2.24, 2.45) is 0 Å². The molecule has 0 saturated carbocycles. The van der Waals surface area contributed by atoms with Crippen LogP contribution in [0.2, 0.25) is 0 Å². The molecule has 0 aliphatic heterocycles. The minimum Gasteiger partial charge on any atom is -0.478 e. The van der Waals surface area contributed by atoms with Gasteiger partial charge in [-0.1, -0.05) is 76.0 Å². The predicted molar refractivity (Wildman–Crippen MR) is 100 cm³/mol. The van der Waals surface area contributed by atoms with Crippen molar-refractivity contribution < 1.29 is 19.8 Å². The van der Waals surface area contributed by atoms with Crippen molar-refractivity contribution in [2.45, 2.75) is 65.2 Å². The maximum atomic E-state index is 10.0. The summed E-state index contributed by atoms with van der Waals surface area (Å²) in [6.45, 7) is 4.32. The molecule has 0 rings (SSSR count). The molecule has 0 aromatic carbocycles. The predicted octanol–water partition coefficient (Wildman–Crippen LogP) is 5.53. The summed E-state index contributed by atoms with van der Waals surface area (Å²) in [4.78, 5) is 20.0. The topological polar surface area (TPSA) is 74.6 Å². The van der Waals surface area contributed by atoms with Crippen LogP contribution in [-0.4, -0.2) is 22.2 Å². The van der Waals surface area contributed by atoms with Crippen molar-refractivity contribution >= 4 is 11.9 Å². The second-order valence-corrected chi connectivity index (χ2v) is 5.24. The molecule has 0 aromatic heterocycles. The van der Waals surface area contributed by atoms with Gasteiger partial charge in [-0.25, -0.2) is 9.59 Å². The van der Waals surface area contributed by atoms with Gasteiger partial charge in [-0.15, -0.1) is 0 Å². The Morgan fingerprint density at radius 2 is 1.04 bits per heavy atom. The minimum atomic E-state index is -0.895. The zero-order valence-corrected chi connectivity index (χ0v) is 15.0. The van der Waals surface area contributed by atoms with Gasteiger partial charge in [0, 0.05) is 12.2 Å². The number of carboxylic acids is 2. The Hall–Kier alpha value is -2.10. The van der Waals surface area contributed by atoms with Crippen LogP contribution in [0.1, 0.15) is 65.2 Å². The van der Waals surface area contributed by atoms with Crippen molar-refractivity contribution in [1.29, 1.82) is 0 Å². The minimum absolute atomic E-state index is 0.895. The molecule has 0 saturated heterocycles. The molecule has 0 unspecified atom stereocenters. The van der Waals surface area contributed by atoms with Crippen LogP contribution < -0.4 is 0 Å². The van der Waals surface area contributed by atoms with E-state index in [0.29, 0.717) is 0 Å². The van der Waals surface area contributed by atoms with Gasteiger partial charge >= 0.3 is 11.9 Å². The summed E-state index contributed by atoms with van der Waals surface area (Å²) in [5.41, 5.74) is 0. The van der Waals surface area contributed by atoms with Crippen LogP contribution in [0.3, 0.4) is 0 Å². The fourth-order valence-electron chi connectivity index (χ4n) is 1.65. The van der Waals surface area contributed by atoms with E-state index in [2.05, 4.69) is 13.8 Å². The van der Waals surface area contributed by atoms with Gasteiger partial charge in [-0.3, -0.25) is 0 Å². The maximum absolute atomic E-state index is 10.0.